The highest BCUT2D eigenvalue weighted by atomic mass is 19.4. The van der Waals surface area contributed by atoms with E-state index in [0.29, 0.717) is 57.3 Å². The highest BCUT2D eigenvalue weighted by molar-refractivity contribution is 5.94. The molecule has 2 aliphatic rings. The molecule has 0 radical (unpaired) electrons. The number of phenolic OH excluding ortho intramolecular Hbond substituents is 1. The number of aromatic hydroxyl groups is 1. The zero-order valence-corrected chi connectivity index (χ0v) is 20.4. The van der Waals surface area contributed by atoms with Crippen LogP contribution in [0.5, 0.6) is 5.75 Å². The molecule has 0 saturated carbocycles. The summed E-state index contributed by atoms with van der Waals surface area (Å²) >= 11 is 0. The number of benzene rings is 2. The summed E-state index contributed by atoms with van der Waals surface area (Å²) in [5.41, 5.74) is 0.404. The number of ketones is 1. The van der Waals surface area contributed by atoms with E-state index in [1.165, 1.54) is 13.0 Å². The second-order valence-corrected chi connectivity index (χ2v) is 9.41. The zero-order valence-electron chi connectivity index (χ0n) is 20.4. The van der Waals surface area contributed by atoms with Crippen LogP contribution in [0.15, 0.2) is 42.5 Å². The number of likely N-dealkylation sites (tertiary alicyclic amines) is 1. The lowest BCUT2D eigenvalue weighted by Gasteiger charge is -2.36. The van der Waals surface area contributed by atoms with Gasteiger partial charge in [0.15, 0.2) is 5.78 Å². The molecule has 2 aromatic carbocycles. The standard InChI is InChI=1S/C26H29F3N4O4/c1-17(34)18-2-5-21(6-3-18)32-10-12-33(13-11-32)24(36)16-31-9-8-19(15-31)25(37)30-20-4-7-23(35)22(14-20)26(27,28)29/h2-7,14,19,35H,8-13,15-16H2,1H3,(H,30,37)/t19-/m1/s1. The van der Waals surface area contributed by atoms with Crippen LogP contribution in [0.1, 0.15) is 29.3 Å². The van der Waals surface area contributed by atoms with Gasteiger partial charge in [0, 0.05) is 49.7 Å². The molecule has 2 heterocycles. The lowest BCUT2D eigenvalue weighted by atomic mass is 10.1. The summed E-state index contributed by atoms with van der Waals surface area (Å²) in [5, 5.41) is 11.9. The fourth-order valence-electron chi connectivity index (χ4n) is 4.69. The lowest BCUT2D eigenvalue weighted by molar-refractivity contribution is -0.138. The maximum atomic E-state index is 13.0. The van der Waals surface area contributed by atoms with Crippen LogP contribution in [-0.2, 0) is 15.8 Å². The highest BCUT2D eigenvalue weighted by Gasteiger charge is 2.35. The van der Waals surface area contributed by atoms with Gasteiger partial charge in [-0.3, -0.25) is 19.3 Å². The molecule has 2 N–H and O–H groups in total. The Kier molecular flexibility index (Phi) is 7.72. The van der Waals surface area contributed by atoms with Gasteiger partial charge in [0.25, 0.3) is 0 Å². The minimum Gasteiger partial charge on any atom is -0.507 e. The first-order valence-corrected chi connectivity index (χ1v) is 12.1. The number of alkyl halides is 3. The van der Waals surface area contributed by atoms with Crippen LogP contribution in [0.3, 0.4) is 0 Å². The van der Waals surface area contributed by atoms with Gasteiger partial charge in [-0.15, -0.1) is 0 Å². The second kappa shape index (κ2) is 10.8. The maximum absolute atomic E-state index is 13.0. The number of Topliss-reactive ketones (excluding diaryl/α,β-unsaturated/α-hetero) is 1. The van der Waals surface area contributed by atoms with Crippen LogP contribution >= 0.6 is 0 Å². The van der Waals surface area contributed by atoms with Gasteiger partial charge in [0.1, 0.15) is 5.75 Å². The summed E-state index contributed by atoms with van der Waals surface area (Å²) in [7, 11) is 0. The fraction of sp³-hybridized carbons (Fsp3) is 0.423. The molecule has 0 bridgehead atoms. The van der Waals surface area contributed by atoms with E-state index in [1.807, 2.05) is 17.0 Å². The SMILES string of the molecule is CC(=O)c1ccc(N2CCN(C(=O)CN3CC[C@@H](C(=O)Nc4ccc(O)c(C(F)(F)F)c4)C3)CC2)cc1. The molecule has 37 heavy (non-hydrogen) atoms. The summed E-state index contributed by atoms with van der Waals surface area (Å²) in [6.45, 7) is 5.04. The Hall–Kier alpha value is -3.60. The molecule has 4 rings (SSSR count). The first-order chi connectivity index (χ1) is 17.5. The quantitative estimate of drug-likeness (QED) is 0.451. The number of phenols is 1. The minimum absolute atomic E-state index is 0.0135. The third-order valence-corrected chi connectivity index (χ3v) is 6.84. The minimum atomic E-state index is -4.74. The Morgan fingerprint density at radius 1 is 1.00 bits per heavy atom. The van der Waals surface area contributed by atoms with E-state index in [0.717, 1.165) is 11.8 Å². The number of carbonyl (C=O) groups is 3. The molecule has 0 aromatic heterocycles. The molecule has 0 aliphatic carbocycles. The van der Waals surface area contributed by atoms with Crippen molar-refractivity contribution in [3.05, 3.63) is 53.6 Å². The van der Waals surface area contributed by atoms with Crippen LogP contribution in [0, 0.1) is 5.92 Å². The number of hydrogen-bond donors (Lipinski definition) is 2. The van der Waals surface area contributed by atoms with Crippen molar-refractivity contribution in [1.29, 1.82) is 0 Å². The normalized spacial score (nSPS) is 18.6. The van der Waals surface area contributed by atoms with Gasteiger partial charge in [-0.05, 0) is 62.4 Å². The highest BCUT2D eigenvalue weighted by Crippen LogP contribution is 2.37. The molecular weight excluding hydrogens is 489 g/mol. The van der Waals surface area contributed by atoms with Gasteiger partial charge < -0.3 is 20.2 Å². The number of nitrogens with zero attached hydrogens (tertiary/aromatic N) is 3. The number of piperazine rings is 1. The van der Waals surface area contributed by atoms with E-state index in [9.17, 15) is 32.7 Å². The Balaban J connectivity index is 1.24. The smallest absolute Gasteiger partial charge is 0.420 e. The maximum Gasteiger partial charge on any atom is 0.420 e. The molecule has 11 heteroatoms. The molecule has 1 atom stereocenters. The monoisotopic (exact) mass is 518 g/mol. The van der Waals surface area contributed by atoms with Gasteiger partial charge in [-0.2, -0.15) is 13.2 Å². The van der Waals surface area contributed by atoms with E-state index in [1.54, 1.807) is 17.0 Å². The molecule has 2 fully saturated rings. The van der Waals surface area contributed by atoms with E-state index in [-0.39, 0.29) is 23.9 Å². The van der Waals surface area contributed by atoms with Gasteiger partial charge in [-0.1, -0.05) is 0 Å². The van der Waals surface area contributed by atoms with Crippen molar-refractivity contribution in [3.63, 3.8) is 0 Å². The average Bonchev–Trinajstić information content (AvgIpc) is 3.33. The molecular formula is C26H29F3N4O4. The third-order valence-electron chi connectivity index (χ3n) is 6.84. The van der Waals surface area contributed by atoms with Crippen molar-refractivity contribution < 1.29 is 32.7 Å². The van der Waals surface area contributed by atoms with Gasteiger partial charge in [-0.25, -0.2) is 0 Å². The Bertz CT molecular complexity index is 1160. The van der Waals surface area contributed by atoms with Crippen molar-refractivity contribution in [2.24, 2.45) is 5.92 Å². The van der Waals surface area contributed by atoms with Crippen molar-refractivity contribution >= 4 is 29.0 Å². The van der Waals surface area contributed by atoms with E-state index < -0.39 is 29.3 Å². The number of amides is 2. The molecule has 0 unspecified atom stereocenters. The fourth-order valence-corrected chi connectivity index (χ4v) is 4.69. The van der Waals surface area contributed by atoms with Crippen LogP contribution in [0.4, 0.5) is 24.5 Å². The van der Waals surface area contributed by atoms with Gasteiger partial charge in [0.2, 0.25) is 11.8 Å². The molecule has 2 aromatic rings. The average molecular weight is 519 g/mol. The summed E-state index contributed by atoms with van der Waals surface area (Å²) in [6.07, 6.45) is -4.24. The number of nitrogens with one attached hydrogen (secondary N) is 1. The van der Waals surface area contributed by atoms with Crippen LogP contribution in [0.25, 0.3) is 0 Å². The Labute approximate surface area is 212 Å². The van der Waals surface area contributed by atoms with Gasteiger partial charge in [0.05, 0.1) is 18.0 Å². The number of carbonyl (C=O) groups excluding carboxylic acids is 3. The Morgan fingerprint density at radius 2 is 1.68 bits per heavy atom. The molecule has 2 amide bonds. The largest absolute Gasteiger partial charge is 0.507 e. The predicted octanol–water partition coefficient (Wildman–Crippen LogP) is 3.22. The molecule has 198 valence electrons. The van der Waals surface area contributed by atoms with E-state index in [2.05, 4.69) is 10.2 Å². The summed E-state index contributed by atoms with van der Waals surface area (Å²) < 4.78 is 39.0. The predicted molar refractivity (Wildman–Crippen MR) is 132 cm³/mol. The summed E-state index contributed by atoms with van der Waals surface area (Å²) in [6, 6.07) is 10.2. The number of halogens is 3. The first kappa shape index (κ1) is 26.5. The van der Waals surface area contributed by atoms with Crippen LogP contribution in [-0.4, -0.2) is 78.3 Å². The van der Waals surface area contributed by atoms with Crippen molar-refractivity contribution in [2.75, 3.05) is 56.0 Å². The van der Waals surface area contributed by atoms with Crippen molar-refractivity contribution in [1.82, 2.24) is 9.80 Å². The summed E-state index contributed by atoms with van der Waals surface area (Å²) in [4.78, 5) is 42.8. The zero-order chi connectivity index (χ0) is 26.7. The summed E-state index contributed by atoms with van der Waals surface area (Å²) in [5.74, 6) is -1.78. The van der Waals surface area contributed by atoms with Crippen LogP contribution in [0.2, 0.25) is 0 Å². The molecule has 2 saturated heterocycles. The van der Waals surface area contributed by atoms with Crippen molar-refractivity contribution in [3.8, 4) is 5.75 Å². The number of anilines is 2. The number of rotatable bonds is 6. The third kappa shape index (κ3) is 6.40. The lowest BCUT2D eigenvalue weighted by Crippen LogP contribution is -2.51. The topological polar surface area (TPSA) is 93.2 Å². The molecule has 2 aliphatic heterocycles. The van der Waals surface area contributed by atoms with Crippen molar-refractivity contribution in [2.45, 2.75) is 19.5 Å². The van der Waals surface area contributed by atoms with E-state index in [4.69, 9.17) is 0 Å². The number of hydrogen-bond acceptors (Lipinski definition) is 6. The molecule has 0 spiro atoms. The second-order valence-electron chi connectivity index (χ2n) is 9.41. The molecule has 8 nitrogen and oxygen atoms in total. The first-order valence-electron chi connectivity index (χ1n) is 12.1. The van der Waals surface area contributed by atoms with Gasteiger partial charge >= 0.3 is 6.18 Å². The Morgan fingerprint density at radius 3 is 2.30 bits per heavy atom. The van der Waals surface area contributed by atoms with Crippen LogP contribution < -0.4 is 10.2 Å². The van der Waals surface area contributed by atoms with E-state index >= 15 is 0 Å².